The lowest BCUT2D eigenvalue weighted by molar-refractivity contribution is -0.150. The summed E-state index contributed by atoms with van der Waals surface area (Å²) in [7, 11) is -3.37. The molecule has 0 amide bonds. The maximum absolute atomic E-state index is 13.4. The van der Waals surface area contributed by atoms with Crippen LogP contribution in [0.15, 0.2) is 23.8 Å². The second kappa shape index (κ2) is 22.4. The first-order valence-electron chi connectivity index (χ1n) is 18.9. The molecular formula is C39H65O11PSSi2. The number of unbranched alkanes of at least 4 members (excludes halogenated alkanes) is 1. The molecular weight excluding hydrogens is 764 g/mol. The van der Waals surface area contributed by atoms with E-state index in [1.54, 1.807) is 31.9 Å². The summed E-state index contributed by atoms with van der Waals surface area (Å²) in [5.41, 5.74) is 3.98. The molecule has 1 aliphatic heterocycles. The summed E-state index contributed by atoms with van der Waals surface area (Å²) in [6.45, 7) is 22.1. The topological polar surface area (TPSA) is 133 Å². The molecule has 3 atom stereocenters. The molecule has 0 saturated carbocycles. The normalized spacial score (nSPS) is 15.7. The average molecular weight is 829 g/mol. The van der Waals surface area contributed by atoms with Crippen LogP contribution in [0.3, 0.4) is 0 Å². The highest BCUT2D eigenvalue weighted by Crippen LogP contribution is 2.48. The van der Waals surface area contributed by atoms with Crippen molar-refractivity contribution in [2.45, 2.75) is 123 Å². The SMILES string of the molecule is CCOC(=O)[C@H](C)OP(=O)(C/C=C/CCCSC(C/C(C)=C/Cc1c(OC)c(C)c2c(c1OCC[Si](C)(C)C)C(=O)OC2)C(=O)OCC[Si](C)(C)C)OC. The monoisotopic (exact) mass is 828 g/mol. The molecule has 0 fully saturated rings. The Balaban J connectivity index is 2.18. The van der Waals surface area contributed by atoms with Crippen molar-refractivity contribution in [3.8, 4) is 11.5 Å². The molecule has 0 aromatic heterocycles. The predicted octanol–water partition coefficient (Wildman–Crippen LogP) is 9.40. The molecule has 0 bridgehead atoms. The van der Waals surface area contributed by atoms with Gasteiger partial charge in [-0.3, -0.25) is 13.9 Å². The summed E-state index contributed by atoms with van der Waals surface area (Å²) in [5.74, 6) is 0.733. The van der Waals surface area contributed by atoms with Crippen molar-refractivity contribution in [1.29, 1.82) is 0 Å². The van der Waals surface area contributed by atoms with Crippen LogP contribution in [0, 0.1) is 6.92 Å². The van der Waals surface area contributed by atoms with Gasteiger partial charge in [-0.05, 0) is 76.8 Å². The predicted molar refractivity (Wildman–Crippen MR) is 223 cm³/mol. The lowest BCUT2D eigenvalue weighted by Gasteiger charge is -2.22. The van der Waals surface area contributed by atoms with E-state index >= 15 is 0 Å². The van der Waals surface area contributed by atoms with E-state index in [-0.39, 0.29) is 31.3 Å². The minimum absolute atomic E-state index is 0.0250. The number of ether oxygens (including phenoxy) is 5. The van der Waals surface area contributed by atoms with Crippen LogP contribution in [0.25, 0.3) is 0 Å². The molecule has 1 aliphatic rings. The number of cyclic esters (lactones) is 1. The van der Waals surface area contributed by atoms with Gasteiger partial charge in [0.05, 0.1) is 33.1 Å². The third-order valence-corrected chi connectivity index (χ3v) is 15.3. The van der Waals surface area contributed by atoms with Crippen molar-refractivity contribution in [1.82, 2.24) is 0 Å². The first-order chi connectivity index (χ1) is 25.3. The third-order valence-electron chi connectivity index (χ3n) is 8.79. The van der Waals surface area contributed by atoms with Gasteiger partial charge in [0.1, 0.15) is 28.9 Å². The number of hydrogen-bond donors (Lipinski definition) is 0. The molecule has 0 aliphatic carbocycles. The molecule has 11 nitrogen and oxygen atoms in total. The minimum atomic E-state index is -3.51. The molecule has 0 N–H and O–H groups in total. The van der Waals surface area contributed by atoms with E-state index < -0.39 is 41.1 Å². The third kappa shape index (κ3) is 16.0. The Labute approximate surface area is 330 Å². The second-order valence-electron chi connectivity index (χ2n) is 15.9. The van der Waals surface area contributed by atoms with Crippen LogP contribution >= 0.6 is 19.4 Å². The van der Waals surface area contributed by atoms with Gasteiger partial charge in [0.15, 0.2) is 6.10 Å². The number of benzene rings is 1. The number of hydrogen-bond acceptors (Lipinski definition) is 12. The zero-order valence-electron chi connectivity index (χ0n) is 34.7. The summed E-state index contributed by atoms with van der Waals surface area (Å²) in [5, 5.41) is -0.399. The van der Waals surface area contributed by atoms with E-state index in [0.29, 0.717) is 55.3 Å². The molecule has 0 saturated heterocycles. The molecule has 1 aromatic carbocycles. The van der Waals surface area contributed by atoms with Crippen molar-refractivity contribution in [3.05, 3.63) is 46.1 Å². The van der Waals surface area contributed by atoms with E-state index in [0.717, 1.165) is 40.8 Å². The molecule has 2 rings (SSSR count). The minimum Gasteiger partial charge on any atom is -0.496 e. The number of thioether (sulfide) groups is 1. The average Bonchev–Trinajstić information content (AvgIpc) is 3.47. The van der Waals surface area contributed by atoms with Crippen molar-refractivity contribution in [2.24, 2.45) is 0 Å². The van der Waals surface area contributed by atoms with E-state index in [4.69, 9.17) is 32.7 Å². The Morgan fingerprint density at radius 1 is 0.981 bits per heavy atom. The fourth-order valence-electron chi connectivity index (χ4n) is 5.49. The summed E-state index contributed by atoms with van der Waals surface area (Å²) in [6.07, 6.45) is 7.17. The fraction of sp³-hybridized carbons (Fsp3) is 0.667. The van der Waals surface area contributed by atoms with Gasteiger partial charge < -0.3 is 28.2 Å². The van der Waals surface area contributed by atoms with Gasteiger partial charge in [-0.15, -0.1) is 11.8 Å². The maximum Gasteiger partial charge on any atom is 0.342 e. The molecule has 2 unspecified atom stereocenters. The van der Waals surface area contributed by atoms with Gasteiger partial charge in [-0.25, -0.2) is 9.59 Å². The number of fused-ring (bicyclic) bond motifs is 1. The van der Waals surface area contributed by atoms with Crippen molar-refractivity contribution >= 4 is 53.4 Å². The van der Waals surface area contributed by atoms with E-state index in [1.165, 1.54) is 14.0 Å². The van der Waals surface area contributed by atoms with Crippen LogP contribution in [0.4, 0.5) is 0 Å². The molecule has 0 spiro atoms. The summed E-state index contributed by atoms with van der Waals surface area (Å²) < 4.78 is 52.0. The van der Waals surface area contributed by atoms with Crippen molar-refractivity contribution < 1.29 is 51.7 Å². The van der Waals surface area contributed by atoms with Crippen LogP contribution in [0.5, 0.6) is 11.5 Å². The Morgan fingerprint density at radius 3 is 2.26 bits per heavy atom. The van der Waals surface area contributed by atoms with Crippen LogP contribution in [0.2, 0.25) is 51.4 Å². The zero-order chi connectivity index (χ0) is 40.7. The highest BCUT2D eigenvalue weighted by molar-refractivity contribution is 8.00. The standard InChI is InChI=1S/C39H65O11PSSi2/c1-13-46-37(40)30(4)50-51(43,45-6)22-16-14-15-17-23-52-33(38(41)48-21-25-54(10,11)12)26-28(2)18-19-31-35(44-5)29(3)32-27-49-39(42)34(32)36(31)47-20-24-53(7,8)9/h14,16,18,30,33H,13,15,17,19-27H2,1-12H3/b16-14+,28-18+/t30-,33?,51?/m0/s1. The van der Waals surface area contributed by atoms with E-state index in [1.807, 2.05) is 19.9 Å². The van der Waals surface area contributed by atoms with Crippen molar-refractivity contribution in [3.63, 3.8) is 0 Å². The zero-order valence-corrected chi connectivity index (χ0v) is 38.4. The van der Waals surface area contributed by atoms with E-state index in [9.17, 15) is 18.9 Å². The largest absolute Gasteiger partial charge is 0.496 e. The summed E-state index contributed by atoms with van der Waals surface area (Å²) in [4.78, 5) is 38.3. The molecule has 0 radical (unpaired) electrons. The highest BCUT2D eigenvalue weighted by atomic mass is 32.2. The number of methoxy groups -OCH3 is 1. The van der Waals surface area contributed by atoms with Crippen LogP contribution in [-0.2, 0) is 50.4 Å². The first-order valence-corrected chi connectivity index (χ1v) is 29.1. The Kier molecular flexibility index (Phi) is 19.8. The van der Waals surface area contributed by atoms with E-state index in [2.05, 4.69) is 45.4 Å². The molecule has 15 heteroatoms. The number of esters is 3. The smallest absolute Gasteiger partial charge is 0.342 e. The van der Waals surface area contributed by atoms with Crippen molar-refractivity contribution in [2.75, 3.05) is 46.0 Å². The lowest BCUT2D eigenvalue weighted by atomic mass is 9.94. The number of carbonyl (C=O) groups is 3. The van der Waals surface area contributed by atoms with Gasteiger partial charge in [0.25, 0.3) is 0 Å². The van der Waals surface area contributed by atoms with Crippen LogP contribution in [-0.4, -0.2) is 91.4 Å². The molecule has 306 valence electrons. The Bertz CT molecular complexity index is 1530. The van der Waals surface area contributed by atoms with Crippen LogP contribution < -0.4 is 9.47 Å². The lowest BCUT2D eigenvalue weighted by Crippen LogP contribution is -2.26. The maximum atomic E-state index is 13.4. The van der Waals surface area contributed by atoms with Gasteiger partial charge in [0.2, 0.25) is 0 Å². The second-order valence-corrected chi connectivity index (χ2v) is 30.7. The molecule has 54 heavy (non-hydrogen) atoms. The molecule has 1 aromatic rings. The fourth-order valence-corrected chi connectivity index (χ4v) is 9.42. The Hall–Kier alpha value is -2.36. The van der Waals surface area contributed by atoms with Crippen LogP contribution in [0.1, 0.15) is 67.1 Å². The van der Waals surface area contributed by atoms with Gasteiger partial charge in [-0.2, -0.15) is 0 Å². The summed E-state index contributed by atoms with van der Waals surface area (Å²) in [6, 6.07) is 1.83. The first kappa shape index (κ1) is 47.8. The summed E-state index contributed by atoms with van der Waals surface area (Å²) >= 11 is 1.56. The number of allylic oxidation sites excluding steroid dienone is 4. The number of carbonyl (C=O) groups excluding carboxylic acids is 3. The van der Waals surface area contributed by atoms with Gasteiger partial charge >= 0.3 is 25.5 Å². The Morgan fingerprint density at radius 2 is 1.65 bits per heavy atom. The molecule has 1 heterocycles. The van der Waals surface area contributed by atoms with Gasteiger partial charge in [0, 0.05) is 34.4 Å². The van der Waals surface area contributed by atoms with Gasteiger partial charge in [-0.1, -0.05) is 63.1 Å². The quantitative estimate of drug-likeness (QED) is 0.0232. The number of rotatable bonds is 25. The highest BCUT2D eigenvalue weighted by Gasteiger charge is 2.34.